The van der Waals surface area contributed by atoms with Crippen LogP contribution in [0.2, 0.25) is 0 Å². The third-order valence-electron chi connectivity index (χ3n) is 17.7. The number of phosphoric ester groups is 2. The van der Waals surface area contributed by atoms with Crippen LogP contribution in [-0.4, -0.2) is 96.7 Å². The molecule has 3 unspecified atom stereocenters. The maximum absolute atomic E-state index is 13.1. The van der Waals surface area contributed by atoms with Gasteiger partial charge in [-0.25, -0.2) is 9.13 Å². The van der Waals surface area contributed by atoms with E-state index < -0.39 is 97.5 Å². The van der Waals surface area contributed by atoms with Crippen molar-refractivity contribution in [3.8, 4) is 0 Å². The van der Waals surface area contributed by atoms with Crippen molar-refractivity contribution in [3.63, 3.8) is 0 Å². The van der Waals surface area contributed by atoms with Crippen molar-refractivity contribution in [2.45, 2.75) is 395 Å². The van der Waals surface area contributed by atoms with E-state index in [0.717, 1.165) is 120 Å². The van der Waals surface area contributed by atoms with E-state index >= 15 is 0 Å². The summed E-state index contributed by atoms with van der Waals surface area (Å²) in [6.07, 6.45) is 48.6. The second kappa shape index (κ2) is 64.4. The fourth-order valence-corrected chi connectivity index (χ4v) is 12.9. The Labute approximate surface area is 575 Å². The van der Waals surface area contributed by atoms with Crippen LogP contribution < -0.4 is 0 Å². The highest BCUT2D eigenvalue weighted by Gasteiger charge is 2.30. The molecule has 6 atom stereocenters. The molecule has 17 nitrogen and oxygen atoms in total. The Kier molecular flexibility index (Phi) is 63.1. The fourth-order valence-electron chi connectivity index (χ4n) is 11.3. The number of ether oxygens (including phenoxy) is 4. The number of aliphatic hydroxyl groups excluding tert-OH is 1. The topological polar surface area (TPSA) is 237 Å². The molecule has 94 heavy (non-hydrogen) atoms. The Morgan fingerprint density at radius 2 is 0.511 bits per heavy atom. The predicted molar refractivity (Wildman–Crippen MR) is 381 cm³/mol. The summed E-state index contributed by atoms with van der Waals surface area (Å²) in [5.41, 5.74) is 0. The molecule has 0 radical (unpaired) electrons. The first-order valence-electron chi connectivity index (χ1n) is 38.7. The highest BCUT2D eigenvalue weighted by molar-refractivity contribution is 7.47. The van der Waals surface area contributed by atoms with Crippen molar-refractivity contribution in [3.05, 3.63) is 0 Å². The first-order chi connectivity index (χ1) is 45.1. The van der Waals surface area contributed by atoms with Gasteiger partial charge in [0, 0.05) is 25.7 Å². The molecule has 0 aliphatic carbocycles. The summed E-state index contributed by atoms with van der Waals surface area (Å²) >= 11 is 0. The molecule has 19 heteroatoms. The fraction of sp³-hybridized carbons (Fsp3) is 0.947. The van der Waals surface area contributed by atoms with E-state index in [9.17, 15) is 43.2 Å². The Bertz CT molecular complexity index is 1850. The number of rotatable bonds is 72. The van der Waals surface area contributed by atoms with Gasteiger partial charge in [0.25, 0.3) is 0 Å². The summed E-state index contributed by atoms with van der Waals surface area (Å²) in [5, 5.41) is 10.6. The predicted octanol–water partition coefficient (Wildman–Crippen LogP) is 21.7. The van der Waals surface area contributed by atoms with E-state index in [1.807, 2.05) is 0 Å². The second-order valence-corrected chi connectivity index (χ2v) is 31.6. The van der Waals surface area contributed by atoms with E-state index in [1.165, 1.54) is 173 Å². The number of hydrogen-bond donors (Lipinski definition) is 3. The summed E-state index contributed by atoms with van der Waals surface area (Å²) in [6, 6.07) is 0. The summed E-state index contributed by atoms with van der Waals surface area (Å²) < 4.78 is 68.5. The van der Waals surface area contributed by atoms with E-state index in [4.69, 9.17) is 37.0 Å². The first-order valence-corrected chi connectivity index (χ1v) is 41.7. The molecule has 0 rings (SSSR count). The van der Waals surface area contributed by atoms with Gasteiger partial charge in [-0.15, -0.1) is 0 Å². The van der Waals surface area contributed by atoms with Crippen molar-refractivity contribution in [2.75, 3.05) is 39.6 Å². The molecule has 0 spiro atoms. The number of hydrogen-bond acceptors (Lipinski definition) is 15. The average molecular weight is 1380 g/mol. The van der Waals surface area contributed by atoms with Gasteiger partial charge in [-0.1, -0.05) is 325 Å². The lowest BCUT2D eigenvalue weighted by molar-refractivity contribution is -0.161. The number of phosphoric acid groups is 2. The van der Waals surface area contributed by atoms with E-state index in [0.29, 0.717) is 25.7 Å². The third kappa shape index (κ3) is 67.3. The molecule has 0 aliphatic rings. The lowest BCUT2D eigenvalue weighted by Crippen LogP contribution is -2.30. The lowest BCUT2D eigenvalue weighted by atomic mass is 10.00. The Balaban J connectivity index is 5.26. The first kappa shape index (κ1) is 92.1. The van der Waals surface area contributed by atoms with Crippen molar-refractivity contribution in [2.24, 2.45) is 23.7 Å². The molecule has 0 amide bonds. The lowest BCUT2D eigenvalue weighted by Gasteiger charge is -2.21. The monoisotopic (exact) mass is 1380 g/mol. The minimum absolute atomic E-state index is 0.104. The van der Waals surface area contributed by atoms with E-state index in [2.05, 4.69) is 55.4 Å². The zero-order valence-corrected chi connectivity index (χ0v) is 63.4. The Morgan fingerprint density at radius 1 is 0.298 bits per heavy atom. The van der Waals surface area contributed by atoms with Crippen LogP contribution in [0.3, 0.4) is 0 Å². The van der Waals surface area contributed by atoms with Crippen LogP contribution in [0.1, 0.15) is 376 Å². The molecule has 0 heterocycles. The van der Waals surface area contributed by atoms with Gasteiger partial charge in [-0.2, -0.15) is 0 Å². The van der Waals surface area contributed by atoms with E-state index in [-0.39, 0.29) is 25.7 Å². The van der Waals surface area contributed by atoms with Gasteiger partial charge >= 0.3 is 39.5 Å². The normalized spacial score (nSPS) is 14.4. The molecular formula is C75H146O17P2. The Hall–Kier alpha value is -1.94. The molecular weight excluding hydrogens is 1230 g/mol. The number of aliphatic hydroxyl groups is 1. The average Bonchev–Trinajstić information content (AvgIpc) is 1.34. The molecule has 0 aliphatic heterocycles. The minimum atomic E-state index is -4.96. The highest BCUT2D eigenvalue weighted by atomic mass is 31.2. The highest BCUT2D eigenvalue weighted by Crippen LogP contribution is 2.45. The van der Waals surface area contributed by atoms with Crippen LogP contribution in [0.25, 0.3) is 0 Å². The maximum atomic E-state index is 13.1. The second-order valence-electron chi connectivity index (χ2n) is 28.7. The van der Waals surface area contributed by atoms with Gasteiger partial charge in [0.1, 0.15) is 19.3 Å². The van der Waals surface area contributed by atoms with E-state index in [1.54, 1.807) is 0 Å². The van der Waals surface area contributed by atoms with Crippen molar-refractivity contribution >= 4 is 39.5 Å². The molecule has 558 valence electrons. The standard InChI is InChI=1S/C75H146O17P2/c1-9-68(8)54-46-38-33-34-40-48-56-73(78)86-62-71(92-75(80)58-50-42-32-26-20-23-29-37-45-53-67(6)7)64-90-94(83,84)88-60-69(76)59-87-93(81,82)89-63-70(91-74(79)57-49-41-31-25-19-15-11-13-17-22-28-36-44-52-66(4)5)61-85-72(77)55-47-39-30-24-18-14-10-12-16-21-27-35-43-51-65(2)3/h65-71,76H,9-64H2,1-8H3,(H,81,82)(H,83,84)/t68?,69-,70-,71-/m1/s1. The zero-order chi connectivity index (χ0) is 69.6. The van der Waals surface area contributed by atoms with Gasteiger partial charge in [0.05, 0.1) is 26.4 Å². The minimum Gasteiger partial charge on any atom is -0.462 e. The van der Waals surface area contributed by atoms with Crippen LogP contribution in [-0.2, 0) is 65.4 Å². The number of carbonyl (C=O) groups excluding carboxylic acids is 4. The molecule has 0 aromatic heterocycles. The van der Waals surface area contributed by atoms with Crippen LogP contribution in [0.4, 0.5) is 0 Å². The summed E-state index contributed by atoms with van der Waals surface area (Å²) in [7, 11) is -9.91. The summed E-state index contributed by atoms with van der Waals surface area (Å²) in [4.78, 5) is 72.8. The van der Waals surface area contributed by atoms with Crippen molar-refractivity contribution in [1.29, 1.82) is 0 Å². The Morgan fingerprint density at radius 3 is 0.755 bits per heavy atom. The molecule has 0 aromatic carbocycles. The van der Waals surface area contributed by atoms with Gasteiger partial charge < -0.3 is 33.8 Å². The van der Waals surface area contributed by atoms with Crippen LogP contribution in [0.15, 0.2) is 0 Å². The molecule has 0 bridgehead atoms. The van der Waals surface area contributed by atoms with Crippen molar-refractivity contribution in [1.82, 2.24) is 0 Å². The van der Waals surface area contributed by atoms with Crippen molar-refractivity contribution < 1.29 is 80.2 Å². The van der Waals surface area contributed by atoms with Gasteiger partial charge in [-0.05, 0) is 49.4 Å². The smallest absolute Gasteiger partial charge is 0.462 e. The van der Waals surface area contributed by atoms with Gasteiger partial charge in [-0.3, -0.25) is 37.3 Å². The summed E-state index contributed by atoms with van der Waals surface area (Å²) in [6.45, 7) is 14.2. The zero-order valence-electron chi connectivity index (χ0n) is 61.6. The number of carbonyl (C=O) groups is 4. The summed E-state index contributed by atoms with van der Waals surface area (Å²) in [5.74, 6) is 0.922. The van der Waals surface area contributed by atoms with Crippen LogP contribution in [0, 0.1) is 23.7 Å². The van der Waals surface area contributed by atoms with Gasteiger partial charge in [0.15, 0.2) is 12.2 Å². The molecule has 0 aromatic rings. The molecule has 0 saturated heterocycles. The molecule has 3 N–H and O–H groups in total. The maximum Gasteiger partial charge on any atom is 0.472 e. The van der Waals surface area contributed by atoms with Crippen LogP contribution in [0.5, 0.6) is 0 Å². The number of esters is 4. The largest absolute Gasteiger partial charge is 0.472 e. The van der Waals surface area contributed by atoms with Gasteiger partial charge in [0.2, 0.25) is 0 Å². The molecule has 0 saturated carbocycles. The molecule has 0 fully saturated rings. The third-order valence-corrected chi connectivity index (χ3v) is 19.6. The quantitative estimate of drug-likeness (QED) is 0.0222. The SMILES string of the molecule is CCC(C)CCCCCCCCC(=O)OC[C@H](COP(=O)(O)OC[C@H](O)COP(=O)(O)OC[C@@H](COC(=O)CCCCCCCCCCCCCCCC(C)C)OC(=O)CCCCCCCCCCCCCCCC(C)C)OC(=O)CCCCCCCCCCCC(C)C. The van der Waals surface area contributed by atoms with Crippen LogP contribution >= 0.6 is 15.6 Å². The number of unbranched alkanes of at least 4 members (excludes halogenated alkanes) is 37.